The summed E-state index contributed by atoms with van der Waals surface area (Å²) in [5, 5.41) is 22.7. The van der Waals surface area contributed by atoms with Crippen molar-refractivity contribution in [2.75, 3.05) is 17.7 Å². The van der Waals surface area contributed by atoms with Crippen LogP contribution in [0.2, 0.25) is 0 Å². The van der Waals surface area contributed by atoms with E-state index in [1.165, 1.54) is 41.3 Å². The molecule has 1 aliphatic rings. The summed E-state index contributed by atoms with van der Waals surface area (Å²) in [7, 11) is 1.68. The molecule has 0 radical (unpaired) electrons. The van der Waals surface area contributed by atoms with Crippen molar-refractivity contribution in [3.8, 4) is 5.82 Å². The number of halogens is 1. The minimum absolute atomic E-state index is 0.122. The molecule has 0 saturated heterocycles. The molecule has 4 N–H and O–H groups in total. The van der Waals surface area contributed by atoms with Crippen molar-refractivity contribution in [2.45, 2.75) is 25.0 Å². The number of carbonyl (C=O) groups excluding carboxylic acids is 1. The monoisotopic (exact) mass is 464 g/mol. The third-order valence-electron chi connectivity index (χ3n) is 5.70. The van der Waals surface area contributed by atoms with Crippen LogP contribution in [0.25, 0.3) is 11.5 Å². The molecule has 174 valence electrons. The average molecular weight is 464 g/mol. The molecule has 0 aliphatic heterocycles. The molecule has 4 aromatic rings. The van der Waals surface area contributed by atoms with Gasteiger partial charge in [0.2, 0.25) is 0 Å². The maximum atomic E-state index is 14.2. The fourth-order valence-corrected chi connectivity index (χ4v) is 3.71. The Hall–Kier alpha value is -4.32. The first-order chi connectivity index (χ1) is 16.5. The topological polar surface area (TPSA) is 138 Å². The molecule has 1 aliphatic carbocycles. The predicted molar refractivity (Wildman–Crippen MR) is 122 cm³/mol. The summed E-state index contributed by atoms with van der Waals surface area (Å²) in [6.45, 7) is 0. The maximum Gasteiger partial charge on any atom is 0.280 e. The summed E-state index contributed by atoms with van der Waals surface area (Å²) in [5.41, 5.74) is 0.0840. The van der Waals surface area contributed by atoms with E-state index in [2.05, 4.69) is 31.0 Å². The highest BCUT2D eigenvalue weighted by Crippen LogP contribution is 2.23. The van der Waals surface area contributed by atoms with Crippen LogP contribution in [0.15, 0.2) is 53.7 Å². The van der Waals surface area contributed by atoms with Crippen molar-refractivity contribution in [2.24, 2.45) is 0 Å². The normalized spacial score (nSPS) is 17.3. The molecule has 34 heavy (non-hydrogen) atoms. The zero-order chi connectivity index (χ0) is 23.8. The standard InChI is InChI=1S/C22H21FN8O3/c1-24-18-10-17(27-15-5-3-9-30(22(15)34)20-13(23)4-2-8-25-20)29-19-12(11-26-31(18)19)21(33)28-14-6-7-16(14)32/h2-5,8-11,14,16,24,32H,6-7H2,1H3,(H,27,29)(H,28,33)/t14-,16-/m0/s1. The Morgan fingerprint density at radius 2 is 2.12 bits per heavy atom. The van der Waals surface area contributed by atoms with Crippen LogP contribution in [0.5, 0.6) is 0 Å². The number of nitrogens with zero attached hydrogens (tertiary/aromatic N) is 5. The van der Waals surface area contributed by atoms with Crippen LogP contribution in [0, 0.1) is 5.82 Å². The van der Waals surface area contributed by atoms with Gasteiger partial charge in [-0.15, -0.1) is 0 Å². The molecule has 0 spiro atoms. The van der Waals surface area contributed by atoms with E-state index in [0.29, 0.717) is 18.7 Å². The van der Waals surface area contributed by atoms with Crippen LogP contribution in [0.3, 0.4) is 0 Å². The quantitative estimate of drug-likeness (QED) is 0.336. The van der Waals surface area contributed by atoms with Gasteiger partial charge in [0.15, 0.2) is 17.3 Å². The number of carbonyl (C=O) groups is 1. The van der Waals surface area contributed by atoms with Gasteiger partial charge in [0.25, 0.3) is 11.5 Å². The van der Waals surface area contributed by atoms with Crippen LogP contribution >= 0.6 is 0 Å². The first-order valence-electron chi connectivity index (χ1n) is 10.6. The van der Waals surface area contributed by atoms with Crippen molar-refractivity contribution in [1.82, 2.24) is 29.5 Å². The Kier molecular flexibility index (Phi) is 5.42. The van der Waals surface area contributed by atoms with Gasteiger partial charge in [0, 0.05) is 25.5 Å². The first kappa shape index (κ1) is 21.5. The fraction of sp³-hybridized carbons (Fsp3) is 0.227. The van der Waals surface area contributed by atoms with Crippen molar-refractivity contribution < 1.29 is 14.3 Å². The predicted octanol–water partition coefficient (Wildman–Crippen LogP) is 1.45. The molecule has 11 nitrogen and oxygen atoms in total. The Morgan fingerprint density at radius 1 is 1.26 bits per heavy atom. The number of hydrogen-bond acceptors (Lipinski definition) is 8. The van der Waals surface area contributed by atoms with Crippen molar-refractivity contribution in [1.29, 1.82) is 0 Å². The smallest absolute Gasteiger partial charge is 0.280 e. The summed E-state index contributed by atoms with van der Waals surface area (Å²) in [4.78, 5) is 34.2. The zero-order valence-electron chi connectivity index (χ0n) is 18.1. The van der Waals surface area contributed by atoms with Gasteiger partial charge in [-0.25, -0.2) is 14.4 Å². The van der Waals surface area contributed by atoms with Crippen molar-refractivity contribution in [3.63, 3.8) is 0 Å². The van der Waals surface area contributed by atoms with E-state index in [0.717, 1.165) is 4.57 Å². The number of anilines is 3. The minimum atomic E-state index is -0.634. The number of fused-ring (bicyclic) bond motifs is 1. The highest BCUT2D eigenvalue weighted by atomic mass is 19.1. The summed E-state index contributed by atoms with van der Waals surface area (Å²) in [5.74, 6) is -0.375. The lowest BCUT2D eigenvalue weighted by molar-refractivity contribution is 0.0448. The van der Waals surface area contributed by atoms with Crippen LogP contribution in [-0.4, -0.2) is 54.4 Å². The molecule has 12 heteroatoms. The number of rotatable bonds is 6. The number of aliphatic hydroxyl groups excluding tert-OH is 1. The van der Waals surface area contributed by atoms with Gasteiger partial charge in [0.05, 0.1) is 18.3 Å². The first-order valence-corrected chi connectivity index (χ1v) is 10.6. The molecule has 5 rings (SSSR count). The van der Waals surface area contributed by atoms with Gasteiger partial charge in [-0.05, 0) is 37.1 Å². The largest absolute Gasteiger partial charge is 0.391 e. The SMILES string of the molecule is CNc1cc(Nc2cccn(-c3ncccc3F)c2=O)nc2c(C(=O)N[C@H]3CC[C@@H]3O)cnn12. The van der Waals surface area contributed by atoms with Gasteiger partial charge < -0.3 is 21.1 Å². The van der Waals surface area contributed by atoms with Gasteiger partial charge in [-0.1, -0.05) is 0 Å². The highest BCUT2D eigenvalue weighted by molar-refractivity contribution is 6.00. The van der Waals surface area contributed by atoms with E-state index in [9.17, 15) is 19.1 Å². The number of hydrogen-bond donors (Lipinski definition) is 4. The second-order valence-electron chi connectivity index (χ2n) is 7.83. The second kappa shape index (κ2) is 8.56. The lowest BCUT2D eigenvalue weighted by Crippen LogP contribution is -2.50. The van der Waals surface area contributed by atoms with E-state index < -0.39 is 23.4 Å². The molecule has 4 heterocycles. The molecular formula is C22H21FN8O3. The summed E-state index contributed by atoms with van der Waals surface area (Å²) in [6, 6.07) is 7.09. The molecule has 1 amide bonds. The summed E-state index contributed by atoms with van der Waals surface area (Å²) in [6.07, 6.45) is 5.00. The number of pyridine rings is 2. The maximum absolute atomic E-state index is 14.2. The molecule has 0 unspecified atom stereocenters. The van der Waals surface area contributed by atoms with Crippen molar-refractivity contribution >= 4 is 28.9 Å². The van der Waals surface area contributed by atoms with E-state index in [4.69, 9.17) is 0 Å². The molecule has 4 aromatic heterocycles. The Labute approximate surface area is 192 Å². The third kappa shape index (κ3) is 3.73. The van der Waals surface area contributed by atoms with Gasteiger partial charge in [0.1, 0.15) is 22.9 Å². The highest BCUT2D eigenvalue weighted by Gasteiger charge is 2.31. The second-order valence-corrected chi connectivity index (χ2v) is 7.83. The number of aliphatic hydroxyl groups is 1. The Balaban J connectivity index is 1.51. The molecule has 0 aromatic carbocycles. The van der Waals surface area contributed by atoms with Crippen molar-refractivity contribution in [3.05, 3.63) is 70.7 Å². The number of amides is 1. The lowest BCUT2D eigenvalue weighted by atomic mass is 9.89. The van der Waals surface area contributed by atoms with E-state index in [-0.39, 0.29) is 34.6 Å². The molecule has 1 fully saturated rings. The van der Waals surface area contributed by atoms with Crippen LogP contribution in [0.1, 0.15) is 23.2 Å². The summed E-state index contributed by atoms with van der Waals surface area (Å²) >= 11 is 0. The van der Waals surface area contributed by atoms with E-state index >= 15 is 0 Å². The Bertz CT molecular complexity index is 1450. The van der Waals surface area contributed by atoms with Gasteiger partial charge in [-0.3, -0.25) is 14.2 Å². The number of aromatic nitrogens is 5. The summed E-state index contributed by atoms with van der Waals surface area (Å²) < 4.78 is 16.7. The molecule has 2 atom stereocenters. The van der Waals surface area contributed by atoms with Crippen LogP contribution < -0.4 is 21.5 Å². The number of nitrogens with one attached hydrogen (secondary N) is 3. The molecule has 0 bridgehead atoms. The van der Waals surface area contributed by atoms with Crippen LogP contribution in [0.4, 0.5) is 21.7 Å². The minimum Gasteiger partial charge on any atom is -0.391 e. The Morgan fingerprint density at radius 3 is 2.82 bits per heavy atom. The van der Waals surface area contributed by atoms with Crippen LogP contribution in [-0.2, 0) is 0 Å². The third-order valence-corrected chi connectivity index (χ3v) is 5.70. The van der Waals surface area contributed by atoms with E-state index in [1.54, 1.807) is 19.2 Å². The molecule has 1 saturated carbocycles. The molecular weight excluding hydrogens is 443 g/mol. The fourth-order valence-electron chi connectivity index (χ4n) is 3.71. The average Bonchev–Trinajstić information content (AvgIpc) is 3.27. The van der Waals surface area contributed by atoms with Gasteiger partial charge in [-0.2, -0.15) is 9.61 Å². The van der Waals surface area contributed by atoms with E-state index in [1.807, 2.05) is 0 Å². The lowest BCUT2D eigenvalue weighted by Gasteiger charge is -2.32. The zero-order valence-corrected chi connectivity index (χ0v) is 18.1. The van der Waals surface area contributed by atoms with Gasteiger partial charge >= 0.3 is 0 Å².